The van der Waals surface area contributed by atoms with Crippen molar-refractivity contribution in [1.29, 1.82) is 0 Å². The number of carbonyl (C=O) groups is 1. The first kappa shape index (κ1) is 26.3. The Bertz CT molecular complexity index is 1260. The Hall–Kier alpha value is -3.78. The molecule has 0 radical (unpaired) electrons. The van der Waals surface area contributed by atoms with Crippen LogP contribution in [0.5, 0.6) is 0 Å². The number of hydrogen-bond donors (Lipinski definition) is 3. The number of nitrogens with one attached hydrogen (secondary N) is 2. The molecule has 0 saturated carbocycles. The molecule has 0 spiro atoms. The van der Waals surface area contributed by atoms with Crippen LogP contribution in [0.25, 0.3) is 0 Å². The Kier molecular flexibility index (Phi) is 8.50. The molecule has 0 atom stereocenters. The summed E-state index contributed by atoms with van der Waals surface area (Å²) in [6, 6.07) is 14.0. The second-order valence-corrected chi connectivity index (χ2v) is 9.66. The lowest BCUT2D eigenvalue weighted by atomic mass is 10.0. The highest BCUT2D eigenvalue weighted by Gasteiger charge is 2.24. The summed E-state index contributed by atoms with van der Waals surface area (Å²) in [5.41, 5.74) is 12.9. The van der Waals surface area contributed by atoms with E-state index in [0.29, 0.717) is 43.0 Å². The predicted molar refractivity (Wildman–Crippen MR) is 149 cm³/mol. The molecule has 2 aromatic carbocycles. The number of amidine groups is 1. The third-order valence-electron chi connectivity index (χ3n) is 6.80. The van der Waals surface area contributed by atoms with E-state index in [4.69, 9.17) is 10.7 Å². The topological polar surface area (TPSA) is 109 Å². The maximum absolute atomic E-state index is 13.1. The van der Waals surface area contributed by atoms with Crippen molar-refractivity contribution in [2.45, 2.75) is 52.6 Å². The van der Waals surface area contributed by atoms with Gasteiger partial charge in [0.1, 0.15) is 5.84 Å². The van der Waals surface area contributed by atoms with Crippen LogP contribution < -0.4 is 16.4 Å². The van der Waals surface area contributed by atoms with E-state index in [0.717, 1.165) is 41.8 Å². The molecule has 8 nitrogen and oxygen atoms in total. The van der Waals surface area contributed by atoms with Crippen molar-refractivity contribution in [2.75, 3.05) is 25.5 Å². The normalized spacial score (nSPS) is 14.6. The fraction of sp³-hybridized carbons (Fsp3) is 0.379. The molecule has 4 N–H and O–H groups in total. The molecule has 1 aromatic heterocycles. The average molecular weight is 500 g/mol. The smallest absolute Gasteiger partial charge is 0.253 e. The number of rotatable bonds is 8. The Morgan fingerprint density at radius 2 is 1.81 bits per heavy atom. The van der Waals surface area contributed by atoms with Gasteiger partial charge in [-0.25, -0.2) is 9.97 Å². The van der Waals surface area contributed by atoms with Gasteiger partial charge in [0.15, 0.2) is 0 Å². The van der Waals surface area contributed by atoms with E-state index in [9.17, 15) is 4.79 Å². The highest BCUT2D eigenvalue weighted by Crippen LogP contribution is 2.20. The van der Waals surface area contributed by atoms with Crippen LogP contribution in [0.1, 0.15) is 58.1 Å². The molecule has 1 aliphatic heterocycles. The van der Waals surface area contributed by atoms with Crippen LogP contribution >= 0.6 is 0 Å². The monoisotopic (exact) mass is 499 g/mol. The number of anilines is 2. The lowest BCUT2D eigenvalue weighted by Gasteiger charge is -2.32. The fourth-order valence-corrected chi connectivity index (χ4v) is 4.78. The number of hydrogen-bond acceptors (Lipinski definition) is 6. The summed E-state index contributed by atoms with van der Waals surface area (Å²) in [4.78, 5) is 28.4. The van der Waals surface area contributed by atoms with Crippen LogP contribution in [0.2, 0.25) is 0 Å². The minimum atomic E-state index is 0.0374. The first-order valence-electron chi connectivity index (χ1n) is 12.9. The zero-order chi connectivity index (χ0) is 26.4. The van der Waals surface area contributed by atoms with Gasteiger partial charge in [0.2, 0.25) is 5.95 Å². The highest BCUT2D eigenvalue weighted by atomic mass is 16.2. The Labute approximate surface area is 219 Å². The van der Waals surface area contributed by atoms with Crippen LogP contribution in [-0.2, 0) is 13.0 Å². The first-order chi connectivity index (χ1) is 17.9. The third kappa shape index (κ3) is 6.71. The van der Waals surface area contributed by atoms with E-state index in [2.05, 4.69) is 59.6 Å². The van der Waals surface area contributed by atoms with Crippen molar-refractivity contribution in [3.8, 4) is 0 Å². The molecule has 1 aliphatic rings. The molecule has 3 aromatic rings. The number of aliphatic imine (C=N–C) groups is 1. The van der Waals surface area contributed by atoms with E-state index < -0.39 is 0 Å². The second kappa shape index (κ2) is 12.0. The van der Waals surface area contributed by atoms with E-state index in [1.54, 1.807) is 7.05 Å². The average Bonchev–Trinajstić information content (AvgIpc) is 2.91. The van der Waals surface area contributed by atoms with Gasteiger partial charge in [-0.2, -0.15) is 0 Å². The van der Waals surface area contributed by atoms with Crippen LogP contribution in [0.15, 0.2) is 53.7 Å². The third-order valence-corrected chi connectivity index (χ3v) is 6.80. The van der Waals surface area contributed by atoms with Crippen molar-refractivity contribution in [2.24, 2.45) is 10.7 Å². The molecule has 8 heteroatoms. The molecule has 194 valence electrons. The van der Waals surface area contributed by atoms with Gasteiger partial charge in [-0.3, -0.25) is 9.79 Å². The number of likely N-dealkylation sites (tertiary alicyclic amines) is 1. The predicted octanol–water partition coefficient (Wildman–Crippen LogP) is 4.13. The maximum atomic E-state index is 13.1. The van der Waals surface area contributed by atoms with Crippen molar-refractivity contribution in [3.05, 3.63) is 82.2 Å². The summed E-state index contributed by atoms with van der Waals surface area (Å²) in [6.45, 7) is 8.38. The van der Waals surface area contributed by atoms with Crippen LogP contribution in [-0.4, -0.2) is 52.8 Å². The summed E-state index contributed by atoms with van der Waals surface area (Å²) in [7, 11) is 1.65. The summed E-state index contributed by atoms with van der Waals surface area (Å²) in [5, 5.41) is 7.02. The quantitative estimate of drug-likeness (QED) is 0.318. The number of benzene rings is 2. The number of piperidine rings is 1. The number of nitrogens with zero attached hydrogens (tertiary/aromatic N) is 4. The van der Waals surface area contributed by atoms with Gasteiger partial charge in [0.25, 0.3) is 5.91 Å². The highest BCUT2D eigenvalue weighted by molar-refractivity contribution is 6.01. The van der Waals surface area contributed by atoms with E-state index in [1.807, 2.05) is 35.4 Å². The van der Waals surface area contributed by atoms with Gasteiger partial charge in [0, 0.05) is 55.7 Å². The van der Waals surface area contributed by atoms with Crippen molar-refractivity contribution < 1.29 is 4.79 Å². The molecule has 4 rings (SSSR count). The fourth-order valence-electron chi connectivity index (χ4n) is 4.78. The Morgan fingerprint density at radius 3 is 2.49 bits per heavy atom. The zero-order valence-corrected chi connectivity index (χ0v) is 22.2. The summed E-state index contributed by atoms with van der Waals surface area (Å²) in [6.07, 6.45) is 4.58. The molecular formula is C29H37N7O. The SMILES string of the molecule is CCc1cnc(Nc2cc(C)cc(C)c2)nc1CNC1CCN(C(=O)c2cccc(C(N)=NC)c2)CC1. The number of aryl methyl sites for hydroxylation is 3. The summed E-state index contributed by atoms with van der Waals surface area (Å²) in [5.74, 6) is 1.08. The van der Waals surface area contributed by atoms with E-state index in [-0.39, 0.29) is 5.91 Å². The van der Waals surface area contributed by atoms with Gasteiger partial charge in [-0.15, -0.1) is 0 Å². The summed E-state index contributed by atoms with van der Waals surface area (Å²) >= 11 is 0. The second-order valence-electron chi connectivity index (χ2n) is 9.66. The van der Waals surface area contributed by atoms with Crippen LogP contribution in [0.4, 0.5) is 11.6 Å². The molecule has 1 fully saturated rings. The zero-order valence-electron chi connectivity index (χ0n) is 22.2. The number of aromatic nitrogens is 2. The van der Waals surface area contributed by atoms with Gasteiger partial charge < -0.3 is 21.3 Å². The number of amides is 1. The van der Waals surface area contributed by atoms with E-state index >= 15 is 0 Å². The lowest BCUT2D eigenvalue weighted by Crippen LogP contribution is -2.44. The van der Waals surface area contributed by atoms with Crippen molar-refractivity contribution >= 4 is 23.4 Å². The minimum absolute atomic E-state index is 0.0374. The minimum Gasteiger partial charge on any atom is -0.384 e. The molecule has 2 heterocycles. The number of carbonyl (C=O) groups excluding carboxylic acids is 1. The Balaban J connectivity index is 1.35. The maximum Gasteiger partial charge on any atom is 0.253 e. The standard InChI is InChI=1S/C29H37N7O/c1-5-21-17-33-29(34-25-14-19(2)13-20(3)15-25)35-26(21)18-32-24-9-11-36(12-10-24)28(37)23-8-6-7-22(16-23)27(30)31-4/h6-8,13-17,24,32H,5,9-12,18H2,1-4H3,(H2,30,31)(H,33,34,35). The molecule has 0 aliphatic carbocycles. The lowest BCUT2D eigenvalue weighted by molar-refractivity contribution is 0.0704. The van der Waals surface area contributed by atoms with Crippen molar-refractivity contribution in [1.82, 2.24) is 20.2 Å². The van der Waals surface area contributed by atoms with Crippen LogP contribution in [0.3, 0.4) is 0 Å². The largest absolute Gasteiger partial charge is 0.384 e. The molecular weight excluding hydrogens is 462 g/mol. The van der Waals surface area contributed by atoms with Gasteiger partial charge >= 0.3 is 0 Å². The van der Waals surface area contributed by atoms with E-state index in [1.165, 1.54) is 11.1 Å². The van der Waals surface area contributed by atoms with Gasteiger partial charge in [-0.1, -0.05) is 25.1 Å². The molecule has 1 amide bonds. The summed E-state index contributed by atoms with van der Waals surface area (Å²) < 4.78 is 0. The molecule has 37 heavy (non-hydrogen) atoms. The first-order valence-corrected chi connectivity index (χ1v) is 12.9. The van der Waals surface area contributed by atoms with Crippen LogP contribution in [0, 0.1) is 13.8 Å². The molecule has 0 unspecified atom stereocenters. The van der Waals surface area contributed by atoms with Gasteiger partial charge in [-0.05, 0) is 74.1 Å². The van der Waals surface area contributed by atoms with Crippen molar-refractivity contribution in [3.63, 3.8) is 0 Å². The number of nitrogens with two attached hydrogens (primary N) is 1. The molecule has 0 bridgehead atoms. The Morgan fingerprint density at radius 1 is 1.11 bits per heavy atom. The van der Waals surface area contributed by atoms with Gasteiger partial charge in [0.05, 0.1) is 5.69 Å². The molecule has 1 saturated heterocycles.